The van der Waals surface area contributed by atoms with Gasteiger partial charge in [0, 0.05) is 19.2 Å². The summed E-state index contributed by atoms with van der Waals surface area (Å²) >= 11 is 0. The van der Waals surface area contributed by atoms with E-state index in [-0.39, 0.29) is 23.0 Å². The molecule has 1 aliphatic carbocycles. The lowest BCUT2D eigenvalue weighted by molar-refractivity contribution is -0.129. The van der Waals surface area contributed by atoms with Crippen molar-refractivity contribution in [2.45, 2.75) is 51.2 Å². The third kappa shape index (κ3) is 2.38. The molecule has 0 radical (unpaired) electrons. The molecule has 1 aliphatic heterocycles. The molecular weight excluding hydrogens is 204 g/mol. The first-order valence-corrected chi connectivity index (χ1v) is 6.12. The minimum Gasteiger partial charge on any atom is -0.375 e. The highest BCUT2D eigenvalue weighted by molar-refractivity contribution is 5.85. The van der Waals surface area contributed by atoms with Crippen LogP contribution in [-0.2, 0) is 9.53 Å². The first-order valence-electron chi connectivity index (χ1n) is 6.12. The number of hydrogen-bond acceptors (Lipinski definition) is 3. The van der Waals surface area contributed by atoms with E-state index in [0.717, 1.165) is 32.3 Å². The molecule has 16 heavy (non-hydrogen) atoms. The number of rotatable bonds is 3. The lowest BCUT2D eigenvalue weighted by Gasteiger charge is -2.36. The molecule has 1 saturated heterocycles. The van der Waals surface area contributed by atoms with Gasteiger partial charge in [-0.2, -0.15) is 0 Å². The van der Waals surface area contributed by atoms with Crippen LogP contribution in [-0.4, -0.2) is 30.7 Å². The van der Waals surface area contributed by atoms with Crippen LogP contribution in [0.4, 0.5) is 0 Å². The topological polar surface area (TPSA) is 64.4 Å². The largest absolute Gasteiger partial charge is 0.375 e. The molecule has 1 amide bonds. The van der Waals surface area contributed by atoms with Crippen LogP contribution in [0, 0.1) is 5.41 Å². The summed E-state index contributed by atoms with van der Waals surface area (Å²) in [5.41, 5.74) is 5.29. The van der Waals surface area contributed by atoms with Crippen LogP contribution in [0.2, 0.25) is 0 Å². The smallest absolute Gasteiger partial charge is 0.227 e. The van der Waals surface area contributed by atoms with Gasteiger partial charge in [-0.1, -0.05) is 0 Å². The number of carbonyl (C=O) groups excluding carboxylic acids is 1. The van der Waals surface area contributed by atoms with Crippen LogP contribution < -0.4 is 11.1 Å². The normalized spacial score (nSPS) is 30.8. The van der Waals surface area contributed by atoms with E-state index >= 15 is 0 Å². The Morgan fingerprint density at radius 2 is 2.19 bits per heavy atom. The molecular formula is C12H22N2O2. The van der Waals surface area contributed by atoms with Crippen molar-refractivity contribution < 1.29 is 9.53 Å². The summed E-state index contributed by atoms with van der Waals surface area (Å²) in [6.45, 7) is 5.35. The maximum absolute atomic E-state index is 12.0. The van der Waals surface area contributed by atoms with Gasteiger partial charge in [-0.05, 0) is 39.5 Å². The molecule has 1 unspecified atom stereocenters. The summed E-state index contributed by atoms with van der Waals surface area (Å²) in [6, 6.07) is 0.250. The Kier molecular flexibility index (Phi) is 2.97. The molecule has 0 aromatic carbocycles. The number of carbonyl (C=O) groups is 1. The SMILES string of the molecule is CC1(C)CC(NC(=O)C2(CN)CC2)CCO1. The van der Waals surface area contributed by atoms with Gasteiger partial charge < -0.3 is 15.8 Å². The van der Waals surface area contributed by atoms with E-state index in [4.69, 9.17) is 10.5 Å². The Balaban J connectivity index is 1.88. The number of ether oxygens (including phenoxy) is 1. The summed E-state index contributed by atoms with van der Waals surface area (Å²) in [4.78, 5) is 12.0. The molecule has 2 rings (SSSR count). The van der Waals surface area contributed by atoms with Gasteiger partial charge in [0.25, 0.3) is 0 Å². The van der Waals surface area contributed by atoms with E-state index < -0.39 is 0 Å². The fourth-order valence-corrected chi connectivity index (χ4v) is 2.37. The van der Waals surface area contributed by atoms with E-state index in [2.05, 4.69) is 19.2 Å². The summed E-state index contributed by atoms with van der Waals surface area (Å²) in [5.74, 6) is 0.151. The van der Waals surface area contributed by atoms with Gasteiger partial charge in [-0.15, -0.1) is 0 Å². The highest BCUT2D eigenvalue weighted by atomic mass is 16.5. The van der Waals surface area contributed by atoms with Crippen molar-refractivity contribution in [2.24, 2.45) is 11.1 Å². The maximum Gasteiger partial charge on any atom is 0.227 e. The molecule has 4 heteroatoms. The quantitative estimate of drug-likeness (QED) is 0.748. The molecule has 2 fully saturated rings. The van der Waals surface area contributed by atoms with Gasteiger partial charge >= 0.3 is 0 Å². The fraction of sp³-hybridized carbons (Fsp3) is 0.917. The molecule has 0 aromatic rings. The zero-order chi connectivity index (χ0) is 11.8. The van der Waals surface area contributed by atoms with Crippen molar-refractivity contribution >= 4 is 5.91 Å². The minimum atomic E-state index is -0.234. The molecule has 1 atom stereocenters. The van der Waals surface area contributed by atoms with Crippen LogP contribution >= 0.6 is 0 Å². The monoisotopic (exact) mass is 226 g/mol. The van der Waals surface area contributed by atoms with Crippen molar-refractivity contribution in [2.75, 3.05) is 13.2 Å². The van der Waals surface area contributed by atoms with E-state index in [1.807, 2.05) is 0 Å². The number of nitrogens with one attached hydrogen (secondary N) is 1. The molecule has 4 nitrogen and oxygen atoms in total. The van der Waals surface area contributed by atoms with E-state index in [1.165, 1.54) is 0 Å². The Morgan fingerprint density at radius 1 is 1.50 bits per heavy atom. The third-order valence-electron chi connectivity index (χ3n) is 3.76. The lowest BCUT2D eigenvalue weighted by atomic mass is 9.93. The van der Waals surface area contributed by atoms with E-state index in [0.29, 0.717) is 6.54 Å². The highest BCUT2D eigenvalue weighted by Crippen LogP contribution is 2.45. The second-order valence-electron chi connectivity index (χ2n) is 5.76. The standard InChI is InChI=1S/C12H22N2O2/c1-11(2)7-9(3-6-16-11)14-10(15)12(8-13)4-5-12/h9H,3-8,13H2,1-2H3,(H,14,15). The van der Waals surface area contributed by atoms with Crippen LogP contribution in [0.25, 0.3) is 0 Å². The van der Waals surface area contributed by atoms with Gasteiger partial charge in [0.1, 0.15) is 0 Å². The number of hydrogen-bond donors (Lipinski definition) is 2. The first kappa shape index (κ1) is 11.9. The maximum atomic E-state index is 12.0. The van der Waals surface area contributed by atoms with Gasteiger partial charge in [-0.25, -0.2) is 0 Å². The van der Waals surface area contributed by atoms with Crippen LogP contribution in [0.1, 0.15) is 39.5 Å². The van der Waals surface area contributed by atoms with Crippen molar-refractivity contribution in [1.82, 2.24) is 5.32 Å². The van der Waals surface area contributed by atoms with Crippen molar-refractivity contribution in [1.29, 1.82) is 0 Å². The predicted octanol–water partition coefficient (Wildman–Crippen LogP) is 0.799. The van der Waals surface area contributed by atoms with Gasteiger partial charge in [-0.3, -0.25) is 4.79 Å². The summed E-state index contributed by atoms with van der Waals surface area (Å²) in [7, 11) is 0. The minimum absolute atomic E-state index is 0.115. The first-order chi connectivity index (χ1) is 7.47. The molecule has 3 N–H and O–H groups in total. The van der Waals surface area contributed by atoms with Crippen molar-refractivity contribution in [3.8, 4) is 0 Å². The van der Waals surface area contributed by atoms with E-state index in [9.17, 15) is 4.79 Å². The van der Waals surface area contributed by atoms with Crippen LogP contribution in [0.5, 0.6) is 0 Å². The lowest BCUT2D eigenvalue weighted by Crippen LogP contribution is -2.48. The average molecular weight is 226 g/mol. The van der Waals surface area contributed by atoms with Crippen molar-refractivity contribution in [3.63, 3.8) is 0 Å². The fourth-order valence-electron chi connectivity index (χ4n) is 2.37. The van der Waals surface area contributed by atoms with Crippen molar-refractivity contribution in [3.05, 3.63) is 0 Å². The molecule has 0 bridgehead atoms. The second-order valence-corrected chi connectivity index (χ2v) is 5.76. The Bertz CT molecular complexity index is 285. The summed E-state index contributed by atoms with van der Waals surface area (Å²) < 4.78 is 5.63. The molecule has 1 heterocycles. The summed E-state index contributed by atoms with van der Waals surface area (Å²) in [6.07, 6.45) is 3.69. The zero-order valence-electron chi connectivity index (χ0n) is 10.2. The van der Waals surface area contributed by atoms with Gasteiger partial charge in [0.15, 0.2) is 0 Å². The molecule has 0 spiro atoms. The Labute approximate surface area is 96.9 Å². The molecule has 1 saturated carbocycles. The predicted molar refractivity (Wildman–Crippen MR) is 61.9 cm³/mol. The Morgan fingerprint density at radius 3 is 2.69 bits per heavy atom. The zero-order valence-corrected chi connectivity index (χ0v) is 10.2. The Hall–Kier alpha value is -0.610. The van der Waals surface area contributed by atoms with Gasteiger partial charge in [0.05, 0.1) is 11.0 Å². The molecule has 2 aliphatic rings. The molecule has 92 valence electrons. The van der Waals surface area contributed by atoms with E-state index in [1.54, 1.807) is 0 Å². The van der Waals surface area contributed by atoms with Crippen LogP contribution in [0.3, 0.4) is 0 Å². The average Bonchev–Trinajstić information content (AvgIpc) is 2.96. The van der Waals surface area contributed by atoms with Crippen LogP contribution in [0.15, 0.2) is 0 Å². The number of nitrogens with two attached hydrogens (primary N) is 1. The third-order valence-corrected chi connectivity index (χ3v) is 3.76. The van der Waals surface area contributed by atoms with Gasteiger partial charge in [0.2, 0.25) is 5.91 Å². The highest BCUT2D eigenvalue weighted by Gasteiger charge is 2.49. The number of amides is 1. The second kappa shape index (κ2) is 4.00. The summed E-state index contributed by atoms with van der Waals surface area (Å²) in [5, 5.41) is 3.13. The molecule has 0 aromatic heterocycles.